The third kappa shape index (κ3) is 3.04. The SMILES string of the molecule is OC(CNC1CCCCC1O)c1cccs1. The topological polar surface area (TPSA) is 52.5 Å². The smallest absolute Gasteiger partial charge is 0.101 e. The first-order chi connectivity index (χ1) is 7.77. The van der Waals surface area contributed by atoms with Crippen molar-refractivity contribution in [2.75, 3.05) is 6.54 Å². The van der Waals surface area contributed by atoms with Gasteiger partial charge >= 0.3 is 0 Å². The Kier molecular flexibility index (Phi) is 4.35. The molecule has 0 aromatic carbocycles. The zero-order valence-corrected chi connectivity index (χ0v) is 10.1. The highest BCUT2D eigenvalue weighted by atomic mass is 32.1. The van der Waals surface area contributed by atoms with E-state index in [9.17, 15) is 10.2 Å². The van der Waals surface area contributed by atoms with Crippen molar-refractivity contribution in [3.63, 3.8) is 0 Å². The molecule has 1 saturated carbocycles. The standard InChI is InChI=1S/C12H19NO2S/c14-10-5-2-1-4-9(10)13-8-11(15)12-6-3-7-16-12/h3,6-7,9-11,13-15H,1-2,4-5,8H2. The van der Waals surface area contributed by atoms with E-state index in [4.69, 9.17) is 0 Å². The molecule has 3 unspecified atom stereocenters. The van der Waals surface area contributed by atoms with E-state index in [1.807, 2.05) is 17.5 Å². The third-order valence-corrected chi connectivity index (χ3v) is 4.15. The van der Waals surface area contributed by atoms with Crippen LogP contribution in [0.15, 0.2) is 17.5 Å². The van der Waals surface area contributed by atoms with E-state index < -0.39 is 6.10 Å². The number of rotatable bonds is 4. The van der Waals surface area contributed by atoms with Gasteiger partial charge in [-0.05, 0) is 24.3 Å². The average molecular weight is 241 g/mol. The number of aliphatic hydroxyl groups is 2. The van der Waals surface area contributed by atoms with Gasteiger partial charge in [-0.2, -0.15) is 0 Å². The Morgan fingerprint density at radius 1 is 1.44 bits per heavy atom. The van der Waals surface area contributed by atoms with Crippen LogP contribution < -0.4 is 5.32 Å². The normalized spacial score (nSPS) is 27.9. The van der Waals surface area contributed by atoms with Crippen LogP contribution in [0.4, 0.5) is 0 Å². The second-order valence-electron chi connectivity index (χ2n) is 4.40. The summed E-state index contributed by atoms with van der Waals surface area (Å²) in [6, 6.07) is 4.04. The van der Waals surface area contributed by atoms with E-state index in [-0.39, 0.29) is 12.1 Å². The van der Waals surface area contributed by atoms with Crippen molar-refractivity contribution in [2.24, 2.45) is 0 Å². The first-order valence-electron chi connectivity index (χ1n) is 5.90. The van der Waals surface area contributed by atoms with Crippen LogP contribution >= 0.6 is 11.3 Å². The van der Waals surface area contributed by atoms with Crippen LogP contribution in [0.3, 0.4) is 0 Å². The molecule has 4 heteroatoms. The maximum Gasteiger partial charge on any atom is 0.101 e. The first kappa shape index (κ1) is 12.0. The predicted molar refractivity (Wildman–Crippen MR) is 65.5 cm³/mol. The number of thiophene rings is 1. The van der Waals surface area contributed by atoms with Gasteiger partial charge in [0.15, 0.2) is 0 Å². The molecule has 3 nitrogen and oxygen atoms in total. The van der Waals surface area contributed by atoms with Gasteiger partial charge < -0.3 is 15.5 Å². The fourth-order valence-corrected chi connectivity index (χ4v) is 2.91. The van der Waals surface area contributed by atoms with E-state index in [0.717, 1.165) is 24.1 Å². The first-order valence-corrected chi connectivity index (χ1v) is 6.78. The monoisotopic (exact) mass is 241 g/mol. The summed E-state index contributed by atoms with van der Waals surface area (Å²) in [5.74, 6) is 0. The molecule has 0 bridgehead atoms. The summed E-state index contributed by atoms with van der Waals surface area (Å²) in [5.41, 5.74) is 0. The van der Waals surface area contributed by atoms with Gasteiger partial charge in [0, 0.05) is 17.5 Å². The predicted octanol–water partition coefficient (Wildman–Crippen LogP) is 1.67. The molecular weight excluding hydrogens is 222 g/mol. The minimum Gasteiger partial charge on any atom is -0.392 e. The van der Waals surface area contributed by atoms with Crippen LogP contribution in [0.5, 0.6) is 0 Å². The number of hydrogen-bond donors (Lipinski definition) is 3. The molecule has 0 radical (unpaired) electrons. The van der Waals surface area contributed by atoms with Gasteiger partial charge in [0.1, 0.15) is 6.10 Å². The number of nitrogens with one attached hydrogen (secondary N) is 1. The lowest BCUT2D eigenvalue weighted by atomic mass is 9.92. The van der Waals surface area contributed by atoms with Crippen LogP contribution in [0, 0.1) is 0 Å². The molecule has 16 heavy (non-hydrogen) atoms. The van der Waals surface area contributed by atoms with Gasteiger partial charge in [0.2, 0.25) is 0 Å². The Labute approximate surface area is 100 Å². The van der Waals surface area contributed by atoms with Crippen LogP contribution in [0.25, 0.3) is 0 Å². The van der Waals surface area contributed by atoms with Crippen LogP contribution in [0.1, 0.15) is 36.7 Å². The van der Waals surface area contributed by atoms with Crippen LogP contribution in [0.2, 0.25) is 0 Å². The minimum atomic E-state index is -0.450. The van der Waals surface area contributed by atoms with Crippen molar-refractivity contribution >= 4 is 11.3 Å². The molecule has 0 amide bonds. The molecule has 0 aliphatic heterocycles. The van der Waals surface area contributed by atoms with Crippen molar-refractivity contribution in [1.82, 2.24) is 5.32 Å². The van der Waals surface area contributed by atoms with Gasteiger partial charge in [-0.3, -0.25) is 0 Å². The zero-order valence-electron chi connectivity index (χ0n) is 9.30. The van der Waals surface area contributed by atoms with Crippen molar-refractivity contribution < 1.29 is 10.2 Å². The van der Waals surface area contributed by atoms with Gasteiger partial charge in [-0.15, -0.1) is 11.3 Å². The van der Waals surface area contributed by atoms with E-state index in [0.29, 0.717) is 6.54 Å². The Bertz CT molecular complexity index is 302. The summed E-state index contributed by atoms with van der Waals surface area (Å²) >= 11 is 1.57. The molecule has 90 valence electrons. The molecule has 3 N–H and O–H groups in total. The summed E-state index contributed by atoms with van der Waals surface area (Å²) in [6.45, 7) is 0.530. The lowest BCUT2D eigenvalue weighted by Crippen LogP contribution is -2.43. The summed E-state index contributed by atoms with van der Waals surface area (Å²) in [4.78, 5) is 0.984. The van der Waals surface area contributed by atoms with Crippen LogP contribution in [-0.2, 0) is 0 Å². The van der Waals surface area contributed by atoms with Crippen LogP contribution in [-0.4, -0.2) is 28.9 Å². The molecular formula is C12H19NO2S. The average Bonchev–Trinajstić information content (AvgIpc) is 2.81. The number of hydrogen-bond acceptors (Lipinski definition) is 4. The van der Waals surface area contributed by atoms with Crippen molar-refractivity contribution in [1.29, 1.82) is 0 Å². The van der Waals surface area contributed by atoms with Crippen molar-refractivity contribution in [2.45, 2.75) is 43.9 Å². The summed E-state index contributed by atoms with van der Waals surface area (Å²) in [6.07, 6.45) is 3.49. The maximum atomic E-state index is 9.89. The fraction of sp³-hybridized carbons (Fsp3) is 0.667. The molecule has 2 rings (SSSR count). The molecule has 0 spiro atoms. The van der Waals surface area contributed by atoms with E-state index in [1.165, 1.54) is 6.42 Å². The molecule has 1 heterocycles. The molecule has 1 fully saturated rings. The maximum absolute atomic E-state index is 9.89. The van der Waals surface area contributed by atoms with E-state index in [2.05, 4.69) is 5.32 Å². The summed E-state index contributed by atoms with van der Waals surface area (Å²) in [5, 5.41) is 24.9. The quantitative estimate of drug-likeness (QED) is 0.751. The number of aliphatic hydroxyl groups excluding tert-OH is 2. The summed E-state index contributed by atoms with van der Waals surface area (Å²) in [7, 11) is 0. The summed E-state index contributed by atoms with van der Waals surface area (Å²) < 4.78 is 0. The second kappa shape index (κ2) is 5.77. The van der Waals surface area contributed by atoms with Crippen molar-refractivity contribution in [3.05, 3.63) is 22.4 Å². The zero-order chi connectivity index (χ0) is 11.4. The Hall–Kier alpha value is -0.420. The molecule has 0 saturated heterocycles. The molecule has 3 atom stereocenters. The highest BCUT2D eigenvalue weighted by molar-refractivity contribution is 7.10. The molecule has 1 aliphatic carbocycles. The Balaban J connectivity index is 1.78. The highest BCUT2D eigenvalue weighted by Gasteiger charge is 2.23. The highest BCUT2D eigenvalue weighted by Crippen LogP contribution is 2.21. The lowest BCUT2D eigenvalue weighted by Gasteiger charge is -2.29. The van der Waals surface area contributed by atoms with Gasteiger partial charge in [0.05, 0.1) is 6.10 Å². The second-order valence-corrected chi connectivity index (χ2v) is 5.38. The van der Waals surface area contributed by atoms with Gasteiger partial charge in [0.25, 0.3) is 0 Å². The Morgan fingerprint density at radius 3 is 2.94 bits per heavy atom. The minimum absolute atomic E-state index is 0.156. The molecule has 1 aromatic heterocycles. The molecule has 1 aliphatic rings. The largest absolute Gasteiger partial charge is 0.392 e. The van der Waals surface area contributed by atoms with Gasteiger partial charge in [-0.25, -0.2) is 0 Å². The third-order valence-electron chi connectivity index (χ3n) is 3.17. The lowest BCUT2D eigenvalue weighted by molar-refractivity contribution is 0.0802. The van der Waals surface area contributed by atoms with E-state index in [1.54, 1.807) is 11.3 Å². The Morgan fingerprint density at radius 2 is 2.25 bits per heavy atom. The van der Waals surface area contributed by atoms with Gasteiger partial charge in [-0.1, -0.05) is 18.9 Å². The van der Waals surface area contributed by atoms with Crippen molar-refractivity contribution in [3.8, 4) is 0 Å². The fourth-order valence-electron chi connectivity index (χ4n) is 2.19. The van der Waals surface area contributed by atoms with E-state index >= 15 is 0 Å². The molecule has 1 aromatic rings.